The molecule has 11 heteroatoms. The second-order valence-electron chi connectivity index (χ2n) is 16.1. The first kappa shape index (κ1) is 56.5. The van der Waals surface area contributed by atoms with E-state index in [1.165, 1.54) is 122 Å². The highest BCUT2D eigenvalue weighted by atomic mass is 31.2. The predicted octanol–water partition coefficient (Wildman–Crippen LogP) is 13.0. The number of phosphoric ester groups is 1. The monoisotopic (exact) mass is 845 g/mol. The Hall–Kier alpha value is -1.55. The fourth-order valence-corrected chi connectivity index (χ4v) is 7.42. The van der Waals surface area contributed by atoms with E-state index in [1.54, 1.807) is 0 Å². The van der Waals surface area contributed by atoms with Crippen LogP contribution < -0.4 is 0 Å². The van der Waals surface area contributed by atoms with Crippen LogP contribution in [0.5, 0.6) is 0 Å². The van der Waals surface area contributed by atoms with Crippen molar-refractivity contribution >= 4 is 19.8 Å². The molecule has 0 aromatic carbocycles. The largest absolute Gasteiger partial charge is 0.472 e. The molecule has 0 fully saturated rings. The Morgan fingerprint density at radius 1 is 0.500 bits per heavy atom. The van der Waals surface area contributed by atoms with Crippen molar-refractivity contribution in [3.05, 3.63) is 24.3 Å². The summed E-state index contributed by atoms with van der Waals surface area (Å²) in [6, 6.07) is 0. The molecule has 0 spiro atoms. The van der Waals surface area contributed by atoms with Crippen molar-refractivity contribution in [1.82, 2.24) is 0 Å². The Morgan fingerprint density at radius 2 is 0.845 bits per heavy atom. The summed E-state index contributed by atoms with van der Waals surface area (Å²) in [4.78, 5) is 35.1. The number of carbonyl (C=O) groups is 2. The average Bonchev–Trinajstić information content (AvgIpc) is 3.21. The number of aliphatic hydroxyl groups excluding tert-OH is 2. The molecule has 0 radical (unpaired) electrons. The molecular formula is C47H89O10P. The minimum Gasteiger partial charge on any atom is -0.462 e. The summed E-state index contributed by atoms with van der Waals surface area (Å²) in [6.07, 6.45) is 44.3. The third kappa shape index (κ3) is 42.6. The van der Waals surface area contributed by atoms with Crippen molar-refractivity contribution in [3.63, 3.8) is 0 Å². The number of hydrogen-bond acceptors (Lipinski definition) is 9. The minimum atomic E-state index is -4.62. The van der Waals surface area contributed by atoms with Crippen LogP contribution in [0, 0.1) is 0 Å². The van der Waals surface area contributed by atoms with Crippen molar-refractivity contribution in [2.75, 3.05) is 26.4 Å². The fraction of sp³-hybridized carbons (Fsp3) is 0.872. The number of unbranched alkanes of at least 4 members (excludes halogenated alkanes) is 27. The van der Waals surface area contributed by atoms with E-state index in [0.717, 1.165) is 64.2 Å². The molecule has 0 aromatic rings. The van der Waals surface area contributed by atoms with Gasteiger partial charge in [0.15, 0.2) is 6.10 Å². The van der Waals surface area contributed by atoms with Gasteiger partial charge in [0.25, 0.3) is 0 Å². The number of carbonyl (C=O) groups excluding carboxylic acids is 2. The maximum absolute atomic E-state index is 12.6. The standard InChI is InChI=1S/C47H89O10P/c1-3-5-7-9-11-13-15-17-19-21-22-23-25-26-28-30-32-34-36-38-46(50)54-42-45(43-56-58(52,53)55-41-44(49)40-48)57-47(51)39-37-35-33-31-29-27-24-20-18-16-14-12-10-8-6-4-2/h20-22,24,44-45,48-49H,3-19,23,25-43H2,1-2H3,(H,52,53)/b22-21-,24-20-/t44-,45+/m0/s1. The molecule has 1 unspecified atom stereocenters. The summed E-state index contributed by atoms with van der Waals surface area (Å²) in [5, 5.41) is 18.4. The molecule has 0 aromatic heterocycles. The van der Waals surface area contributed by atoms with Crippen LogP contribution in [0.2, 0.25) is 0 Å². The summed E-state index contributed by atoms with van der Waals surface area (Å²) in [5.74, 6) is -0.931. The number of esters is 2. The van der Waals surface area contributed by atoms with Gasteiger partial charge < -0.3 is 24.6 Å². The maximum Gasteiger partial charge on any atom is 0.472 e. The summed E-state index contributed by atoms with van der Waals surface area (Å²) in [7, 11) is -4.62. The lowest BCUT2D eigenvalue weighted by Gasteiger charge is -2.20. The van der Waals surface area contributed by atoms with Gasteiger partial charge in [0.1, 0.15) is 12.7 Å². The van der Waals surface area contributed by atoms with Gasteiger partial charge in [-0.25, -0.2) is 4.57 Å². The molecule has 10 nitrogen and oxygen atoms in total. The first-order valence-corrected chi connectivity index (χ1v) is 25.3. The number of ether oxygens (including phenoxy) is 2. The molecule has 0 amide bonds. The van der Waals surface area contributed by atoms with Crippen LogP contribution in [0.3, 0.4) is 0 Å². The first-order valence-electron chi connectivity index (χ1n) is 23.8. The van der Waals surface area contributed by atoms with Crippen LogP contribution >= 0.6 is 7.82 Å². The van der Waals surface area contributed by atoms with Gasteiger partial charge in [0.2, 0.25) is 0 Å². The van der Waals surface area contributed by atoms with Gasteiger partial charge in [0, 0.05) is 12.8 Å². The Labute approximate surface area is 355 Å². The second-order valence-corrected chi connectivity index (χ2v) is 17.6. The van der Waals surface area contributed by atoms with Gasteiger partial charge in [0.05, 0.1) is 19.8 Å². The lowest BCUT2D eigenvalue weighted by atomic mass is 10.1. The molecular weight excluding hydrogens is 755 g/mol. The predicted molar refractivity (Wildman–Crippen MR) is 238 cm³/mol. The van der Waals surface area contributed by atoms with Crippen molar-refractivity contribution in [3.8, 4) is 0 Å². The first-order chi connectivity index (χ1) is 28.2. The zero-order valence-corrected chi connectivity index (χ0v) is 38.2. The highest BCUT2D eigenvalue weighted by Gasteiger charge is 2.27. The quantitative estimate of drug-likeness (QED) is 0.0234. The highest BCUT2D eigenvalue weighted by Crippen LogP contribution is 2.43. The highest BCUT2D eigenvalue weighted by molar-refractivity contribution is 7.47. The third-order valence-electron chi connectivity index (χ3n) is 10.3. The molecule has 3 N–H and O–H groups in total. The van der Waals surface area contributed by atoms with Gasteiger partial charge in [-0.1, -0.05) is 173 Å². The van der Waals surface area contributed by atoms with E-state index < -0.39 is 51.8 Å². The van der Waals surface area contributed by atoms with Gasteiger partial charge in [-0.2, -0.15) is 0 Å². The second kappa shape index (κ2) is 43.5. The SMILES string of the molecule is CCCCCCCCC/C=C\CCCCCCCC(=O)O[C@H](COC(=O)CCCCCCCCC/C=C\CCCCCCCCCC)COP(=O)(O)OC[C@@H](O)CO. The molecule has 3 atom stereocenters. The van der Waals surface area contributed by atoms with Gasteiger partial charge in [-0.05, 0) is 64.2 Å². The lowest BCUT2D eigenvalue weighted by molar-refractivity contribution is -0.161. The molecule has 0 aliphatic rings. The van der Waals surface area contributed by atoms with E-state index in [1.807, 2.05) is 0 Å². The third-order valence-corrected chi connectivity index (χ3v) is 11.3. The van der Waals surface area contributed by atoms with Gasteiger partial charge >= 0.3 is 19.8 Å². The van der Waals surface area contributed by atoms with Gasteiger partial charge in [-0.15, -0.1) is 0 Å². The molecule has 0 bridgehead atoms. The number of hydrogen-bond donors (Lipinski definition) is 3. The Morgan fingerprint density at radius 3 is 1.24 bits per heavy atom. The molecule has 0 heterocycles. The minimum absolute atomic E-state index is 0.175. The molecule has 0 aliphatic carbocycles. The van der Waals surface area contributed by atoms with E-state index >= 15 is 0 Å². The Bertz CT molecular complexity index is 1020. The molecule has 0 aliphatic heterocycles. The fourth-order valence-electron chi connectivity index (χ4n) is 6.63. The van der Waals surface area contributed by atoms with E-state index in [-0.39, 0.29) is 19.4 Å². The Kier molecular flexibility index (Phi) is 42.4. The van der Waals surface area contributed by atoms with Crippen LogP contribution in [0.4, 0.5) is 0 Å². The number of allylic oxidation sites excluding steroid dienone is 4. The molecule has 0 saturated heterocycles. The van der Waals surface area contributed by atoms with Crippen molar-refractivity contribution in [1.29, 1.82) is 0 Å². The van der Waals surface area contributed by atoms with Crippen molar-refractivity contribution in [2.45, 2.75) is 238 Å². The Balaban J connectivity index is 4.23. The summed E-state index contributed by atoms with van der Waals surface area (Å²) < 4.78 is 32.8. The van der Waals surface area contributed by atoms with Crippen LogP contribution in [0.15, 0.2) is 24.3 Å². The smallest absolute Gasteiger partial charge is 0.462 e. The molecule has 0 rings (SSSR count). The van der Waals surface area contributed by atoms with Gasteiger partial charge in [-0.3, -0.25) is 18.6 Å². The number of rotatable bonds is 45. The van der Waals surface area contributed by atoms with E-state index in [9.17, 15) is 24.2 Å². The number of phosphoric acid groups is 1. The maximum atomic E-state index is 12.6. The van der Waals surface area contributed by atoms with Crippen LogP contribution in [0.25, 0.3) is 0 Å². The van der Waals surface area contributed by atoms with Crippen LogP contribution in [-0.4, -0.2) is 65.7 Å². The summed E-state index contributed by atoms with van der Waals surface area (Å²) in [5.41, 5.74) is 0. The van der Waals surface area contributed by atoms with Crippen LogP contribution in [-0.2, 0) is 32.7 Å². The number of aliphatic hydroxyl groups is 2. The molecule has 0 saturated carbocycles. The van der Waals surface area contributed by atoms with E-state index in [2.05, 4.69) is 38.2 Å². The summed E-state index contributed by atoms with van der Waals surface area (Å²) >= 11 is 0. The topological polar surface area (TPSA) is 149 Å². The van der Waals surface area contributed by atoms with E-state index in [4.69, 9.17) is 23.6 Å². The average molecular weight is 845 g/mol. The zero-order valence-electron chi connectivity index (χ0n) is 37.3. The normalized spacial score (nSPS) is 13.9. The summed E-state index contributed by atoms with van der Waals surface area (Å²) in [6.45, 7) is 2.39. The van der Waals surface area contributed by atoms with Crippen LogP contribution in [0.1, 0.15) is 226 Å². The van der Waals surface area contributed by atoms with Crippen molar-refractivity contribution < 1.29 is 47.8 Å². The van der Waals surface area contributed by atoms with E-state index in [0.29, 0.717) is 12.8 Å². The molecule has 58 heavy (non-hydrogen) atoms. The lowest BCUT2D eigenvalue weighted by Crippen LogP contribution is -2.29. The molecule has 342 valence electrons. The van der Waals surface area contributed by atoms with Crippen molar-refractivity contribution in [2.24, 2.45) is 0 Å². The zero-order chi connectivity index (χ0) is 42.6.